The molecule has 0 aliphatic carbocycles. The van der Waals surface area contributed by atoms with Gasteiger partial charge < -0.3 is 15.1 Å². The van der Waals surface area contributed by atoms with Crippen LogP contribution in [-0.2, 0) is 9.59 Å². The van der Waals surface area contributed by atoms with Gasteiger partial charge in [-0.2, -0.15) is 0 Å². The number of aliphatic carboxylic acids is 1. The number of hydrogen-bond donors (Lipinski definition) is 2. The summed E-state index contributed by atoms with van der Waals surface area (Å²) in [6.45, 7) is 3.09. The van der Waals surface area contributed by atoms with Crippen molar-refractivity contribution in [2.75, 3.05) is 13.2 Å². The molecule has 0 aliphatic heterocycles. The van der Waals surface area contributed by atoms with E-state index in [0.717, 1.165) is 12.8 Å². The molecule has 0 fully saturated rings. The van der Waals surface area contributed by atoms with E-state index in [2.05, 4.69) is 0 Å². The monoisotopic (exact) mass is 203 g/mol. The fourth-order valence-electron chi connectivity index (χ4n) is 1.17. The third kappa shape index (κ3) is 3.74. The highest BCUT2D eigenvalue weighted by Crippen LogP contribution is 2.03. The second-order valence-electron chi connectivity index (χ2n) is 3.10. The number of unbranched alkanes of at least 4 members (excludes halogenated alkanes) is 1. The molecule has 0 saturated heterocycles. The first-order valence-corrected chi connectivity index (χ1v) is 4.65. The van der Waals surface area contributed by atoms with E-state index in [0.29, 0.717) is 6.54 Å². The molecular formula is C9H17NO4. The van der Waals surface area contributed by atoms with Gasteiger partial charge >= 0.3 is 5.97 Å². The summed E-state index contributed by atoms with van der Waals surface area (Å²) in [4.78, 5) is 23.0. The summed E-state index contributed by atoms with van der Waals surface area (Å²) in [6.07, 6.45) is 1.62. The van der Waals surface area contributed by atoms with Crippen LogP contribution in [0.5, 0.6) is 0 Å². The van der Waals surface area contributed by atoms with E-state index in [9.17, 15) is 9.59 Å². The summed E-state index contributed by atoms with van der Waals surface area (Å²) >= 11 is 0. The van der Waals surface area contributed by atoms with Crippen LogP contribution in [0.1, 0.15) is 26.7 Å². The lowest BCUT2D eigenvalue weighted by Gasteiger charge is -2.26. The molecule has 0 aromatic heterocycles. The predicted octanol–water partition coefficient (Wildman–Crippen LogP) is 0.0805. The summed E-state index contributed by atoms with van der Waals surface area (Å²) < 4.78 is 0. The van der Waals surface area contributed by atoms with Crippen LogP contribution in [0.25, 0.3) is 0 Å². The van der Waals surface area contributed by atoms with E-state index in [4.69, 9.17) is 10.2 Å². The second-order valence-corrected chi connectivity index (χ2v) is 3.10. The molecular weight excluding hydrogens is 186 g/mol. The van der Waals surface area contributed by atoms with Gasteiger partial charge in [-0.1, -0.05) is 13.3 Å². The zero-order valence-corrected chi connectivity index (χ0v) is 8.56. The van der Waals surface area contributed by atoms with Crippen LogP contribution in [0.4, 0.5) is 0 Å². The van der Waals surface area contributed by atoms with E-state index < -0.39 is 18.6 Å². The Bertz CT molecular complexity index is 205. The van der Waals surface area contributed by atoms with Crippen molar-refractivity contribution < 1.29 is 19.8 Å². The van der Waals surface area contributed by atoms with E-state index >= 15 is 0 Å². The third-order valence-corrected chi connectivity index (χ3v) is 1.99. The normalized spacial score (nSPS) is 12.2. The van der Waals surface area contributed by atoms with Crippen LogP contribution in [-0.4, -0.2) is 46.2 Å². The molecule has 0 aromatic carbocycles. The number of carbonyl (C=O) groups is 2. The first-order chi connectivity index (χ1) is 6.54. The minimum Gasteiger partial charge on any atom is -0.480 e. The Morgan fingerprint density at radius 1 is 1.43 bits per heavy atom. The van der Waals surface area contributed by atoms with Crippen molar-refractivity contribution in [3.8, 4) is 0 Å². The number of nitrogens with zero attached hydrogens (tertiary/aromatic N) is 1. The Morgan fingerprint density at radius 2 is 2.00 bits per heavy atom. The molecule has 82 valence electrons. The van der Waals surface area contributed by atoms with E-state index in [1.54, 1.807) is 0 Å². The minimum absolute atomic E-state index is 0.320. The van der Waals surface area contributed by atoms with Gasteiger partial charge in [-0.05, 0) is 6.42 Å². The molecule has 0 radical (unpaired) electrons. The van der Waals surface area contributed by atoms with E-state index in [1.807, 2.05) is 6.92 Å². The quantitative estimate of drug-likeness (QED) is 0.641. The Hall–Kier alpha value is -1.10. The summed E-state index contributed by atoms with van der Waals surface area (Å²) in [5.41, 5.74) is 0. The number of amides is 1. The van der Waals surface area contributed by atoms with Gasteiger partial charge in [0.05, 0.1) is 6.61 Å². The Kier molecular flexibility index (Phi) is 5.87. The van der Waals surface area contributed by atoms with Crippen molar-refractivity contribution >= 4 is 11.9 Å². The van der Waals surface area contributed by atoms with E-state index in [1.165, 1.54) is 11.8 Å². The van der Waals surface area contributed by atoms with Crippen molar-refractivity contribution in [2.24, 2.45) is 0 Å². The molecule has 1 amide bonds. The fourth-order valence-corrected chi connectivity index (χ4v) is 1.17. The van der Waals surface area contributed by atoms with Gasteiger partial charge in [-0.3, -0.25) is 4.79 Å². The predicted molar refractivity (Wildman–Crippen MR) is 50.8 cm³/mol. The maximum Gasteiger partial charge on any atom is 0.328 e. The van der Waals surface area contributed by atoms with Crippen molar-refractivity contribution in [1.82, 2.24) is 4.90 Å². The summed E-state index contributed by atoms with van der Waals surface area (Å²) in [5, 5.41) is 17.6. The van der Waals surface area contributed by atoms with Crippen LogP contribution < -0.4 is 0 Å². The van der Waals surface area contributed by atoms with Crippen LogP contribution >= 0.6 is 0 Å². The maximum atomic E-state index is 11.1. The highest BCUT2D eigenvalue weighted by atomic mass is 16.4. The van der Waals surface area contributed by atoms with Crippen LogP contribution in [0.2, 0.25) is 0 Å². The van der Waals surface area contributed by atoms with Gasteiger partial charge in [0.15, 0.2) is 6.04 Å². The zero-order valence-electron chi connectivity index (χ0n) is 8.56. The molecule has 0 aromatic rings. The van der Waals surface area contributed by atoms with Gasteiger partial charge in [-0.15, -0.1) is 0 Å². The smallest absolute Gasteiger partial charge is 0.328 e. The zero-order chi connectivity index (χ0) is 11.1. The number of carboxylic acid groups (broad SMARTS) is 1. The standard InChI is InChI=1S/C9H17NO4/c1-3-4-5-10(7(2)12)8(6-11)9(13)14/h8,11H,3-6H2,1-2H3,(H,13,14)/t8-/m0/s1. The lowest BCUT2D eigenvalue weighted by Crippen LogP contribution is -2.46. The molecule has 14 heavy (non-hydrogen) atoms. The van der Waals surface area contributed by atoms with Crippen molar-refractivity contribution in [3.05, 3.63) is 0 Å². The molecule has 0 bridgehead atoms. The lowest BCUT2D eigenvalue weighted by molar-refractivity contribution is -0.151. The first kappa shape index (κ1) is 12.9. The molecule has 0 unspecified atom stereocenters. The van der Waals surface area contributed by atoms with Gasteiger partial charge in [-0.25, -0.2) is 4.79 Å². The Balaban J connectivity index is 4.44. The van der Waals surface area contributed by atoms with Crippen LogP contribution in [0, 0.1) is 0 Å². The molecule has 5 heteroatoms. The molecule has 0 heterocycles. The highest BCUT2D eigenvalue weighted by Gasteiger charge is 2.26. The molecule has 0 spiro atoms. The molecule has 5 nitrogen and oxygen atoms in total. The topological polar surface area (TPSA) is 77.8 Å². The molecule has 2 N–H and O–H groups in total. The fraction of sp³-hybridized carbons (Fsp3) is 0.778. The number of hydrogen-bond acceptors (Lipinski definition) is 3. The minimum atomic E-state index is -1.17. The maximum absolute atomic E-state index is 11.1. The Labute approximate surface area is 83.3 Å². The number of aliphatic hydroxyl groups is 1. The number of carboxylic acids is 1. The van der Waals surface area contributed by atoms with Crippen LogP contribution in [0.3, 0.4) is 0 Å². The van der Waals surface area contributed by atoms with Crippen molar-refractivity contribution in [1.29, 1.82) is 0 Å². The second kappa shape index (κ2) is 6.37. The average molecular weight is 203 g/mol. The summed E-state index contributed by atoms with van der Waals surface area (Å²) in [6, 6.07) is -1.11. The molecule has 1 atom stereocenters. The SMILES string of the molecule is CCCCN(C(C)=O)[C@@H](CO)C(=O)O. The number of rotatable bonds is 6. The molecule has 0 saturated carbocycles. The van der Waals surface area contributed by atoms with Gasteiger partial charge in [0.1, 0.15) is 0 Å². The van der Waals surface area contributed by atoms with Crippen molar-refractivity contribution in [2.45, 2.75) is 32.7 Å². The highest BCUT2D eigenvalue weighted by molar-refractivity contribution is 5.82. The van der Waals surface area contributed by atoms with E-state index in [-0.39, 0.29) is 5.91 Å². The summed E-state index contributed by atoms with van der Waals surface area (Å²) in [5.74, 6) is -1.49. The Morgan fingerprint density at radius 3 is 2.29 bits per heavy atom. The van der Waals surface area contributed by atoms with Crippen molar-refractivity contribution in [3.63, 3.8) is 0 Å². The molecule has 0 rings (SSSR count). The van der Waals surface area contributed by atoms with Crippen LogP contribution in [0.15, 0.2) is 0 Å². The summed E-state index contributed by atoms with van der Waals surface area (Å²) in [7, 11) is 0. The average Bonchev–Trinajstić information content (AvgIpc) is 2.10. The first-order valence-electron chi connectivity index (χ1n) is 4.65. The number of carbonyl (C=O) groups excluding carboxylic acids is 1. The van der Waals surface area contributed by atoms with Gasteiger partial charge in [0.2, 0.25) is 5.91 Å². The number of aliphatic hydroxyl groups excluding tert-OH is 1. The van der Waals surface area contributed by atoms with Gasteiger partial charge in [0.25, 0.3) is 0 Å². The largest absolute Gasteiger partial charge is 0.480 e. The molecule has 0 aliphatic rings. The third-order valence-electron chi connectivity index (χ3n) is 1.99. The van der Waals surface area contributed by atoms with Gasteiger partial charge in [0, 0.05) is 13.5 Å². The lowest BCUT2D eigenvalue weighted by atomic mass is 10.2.